The first kappa shape index (κ1) is 16.6. The highest BCUT2D eigenvalue weighted by Gasteiger charge is 2.36. The summed E-state index contributed by atoms with van der Waals surface area (Å²) in [6.45, 7) is 0. The number of Topliss-reactive ketones (excluding diaryl/α,β-unsaturated/α-hetero) is 1. The summed E-state index contributed by atoms with van der Waals surface area (Å²) < 4.78 is 10.2. The van der Waals surface area contributed by atoms with Crippen LogP contribution in [-0.2, 0) is 11.2 Å². The van der Waals surface area contributed by atoms with Crippen molar-refractivity contribution in [1.29, 1.82) is 0 Å². The fourth-order valence-corrected chi connectivity index (χ4v) is 3.23. The lowest BCUT2D eigenvalue weighted by Gasteiger charge is -2.25. The number of benzene rings is 2. The van der Waals surface area contributed by atoms with Gasteiger partial charge in [-0.1, -0.05) is 35.3 Å². The predicted octanol–water partition coefficient (Wildman–Crippen LogP) is 3.67. The van der Waals surface area contributed by atoms with E-state index in [1.54, 1.807) is 12.1 Å². The normalized spacial score (nSPS) is 16.3. The monoisotopic (exact) mass is 366 g/mol. The van der Waals surface area contributed by atoms with Crippen LogP contribution in [0.1, 0.15) is 26.3 Å². The van der Waals surface area contributed by atoms with Gasteiger partial charge < -0.3 is 14.6 Å². The Hall–Kier alpha value is -2.24. The third kappa shape index (κ3) is 2.70. The van der Waals surface area contributed by atoms with E-state index in [2.05, 4.69) is 0 Å². The summed E-state index contributed by atoms with van der Waals surface area (Å²) in [6.07, 6.45) is -0.950. The Labute approximate surface area is 147 Å². The highest BCUT2D eigenvalue weighted by molar-refractivity contribution is 6.40. The van der Waals surface area contributed by atoms with E-state index in [0.29, 0.717) is 5.56 Å². The molecule has 3 rings (SSSR count). The molecule has 1 heterocycles. The number of fused-ring (bicyclic) bond motifs is 1. The molecule has 2 aromatic rings. The maximum atomic E-state index is 12.7. The zero-order valence-electron chi connectivity index (χ0n) is 12.5. The molecule has 7 heteroatoms. The number of ketones is 1. The average molecular weight is 367 g/mol. The number of hydrogen-bond donors (Lipinski definition) is 1. The molecule has 1 atom stereocenters. The number of carbonyl (C=O) groups excluding carboxylic acids is 2. The number of halogens is 2. The van der Waals surface area contributed by atoms with Crippen LogP contribution in [0, 0.1) is 0 Å². The lowest BCUT2D eigenvalue weighted by atomic mass is 9.93. The van der Waals surface area contributed by atoms with Crippen LogP contribution in [0.15, 0.2) is 30.3 Å². The second kappa shape index (κ2) is 6.34. The van der Waals surface area contributed by atoms with Crippen LogP contribution in [0.4, 0.5) is 0 Å². The first-order chi connectivity index (χ1) is 11.4. The molecule has 1 unspecified atom stereocenters. The molecule has 0 radical (unpaired) electrons. The summed E-state index contributed by atoms with van der Waals surface area (Å²) in [5.41, 5.74) is 0.606. The number of phenols is 1. The fraction of sp³-hybridized carbons (Fsp3) is 0.176. The van der Waals surface area contributed by atoms with Gasteiger partial charge in [0.2, 0.25) is 5.78 Å². The fourth-order valence-electron chi connectivity index (χ4n) is 2.65. The second-order valence-corrected chi connectivity index (χ2v) is 6.02. The summed E-state index contributed by atoms with van der Waals surface area (Å²) in [7, 11) is 1.38. The number of carbonyl (C=O) groups is 2. The van der Waals surface area contributed by atoms with Crippen LogP contribution >= 0.6 is 23.2 Å². The van der Waals surface area contributed by atoms with E-state index in [0.717, 1.165) is 0 Å². The van der Waals surface area contributed by atoms with Crippen molar-refractivity contribution in [2.45, 2.75) is 12.5 Å². The number of esters is 1. The van der Waals surface area contributed by atoms with Crippen LogP contribution in [0.25, 0.3) is 0 Å². The molecule has 0 bridgehead atoms. The summed E-state index contributed by atoms with van der Waals surface area (Å²) >= 11 is 12.1. The number of cyclic esters (lactones) is 1. The molecule has 0 saturated carbocycles. The van der Waals surface area contributed by atoms with Crippen LogP contribution in [0.2, 0.25) is 10.0 Å². The Bertz CT molecular complexity index is 827. The van der Waals surface area contributed by atoms with Crippen LogP contribution in [0.5, 0.6) is 11.5 Å². The van der Waals surface area contributed by atoms with E-state index in [1.165, 1.54) is 25.3 Å². The van der Waals surface area contributed by atoms with Gasteiger partial charge in [-0.3, -0.25) is 4.79 Å². The molecule has 5 nitrogen and oxygen atoms in total. The minimum absolute atomic E-state index is 0.00338. The number of aromatic hydroxyl groups is 1. The van der Waals surface area contributed by atoms with Crippen molar-refractivity contribution in [2.75, 3.05) is 7.11 Å². The van der Waals surface area contributed by atoms with Gasteiger partial charge >= 0.3 is 5.97 Å². The Morgan fingerprint density at radius 3 is 2.54 bits per heavy atom. The molecule has 0 amide bonds. The highest BCUT2D eigenvalue weighted by Crippen LogP contribution is 2.37. The predicted molar refractivity (Wildman–Crippen MR) is 88.4 cm³/mol. The first-order valence-corrected chi connectivity index (χ1v) is 7.77. The Morgan fingerprint density at radius 1 is 1.25 bits per heavy atom. The second-order valence-electron chi connectivity index (χ2n) is 5.21. The minimum atomic E-state index is -1.06. The van der Waals surface area contributed by atoms with Crippen molar-refractivity contribution >= 4 is 35.0 Å². The molecule has 0 spiro atoms. The summed E-state index contributed by atoms with van der Waals surface area (Å²) in [6, 6.07) is 7.83. The maximum absolute atomic E-state index is 12.7. The number of phenolic OH excluding ortho intramolecular Hbond substituents is 1. The molecule has 0 aromatic heterocycles. The SMILES string of the molecule is COc1ccc2c(c1O)C(=O)OC(C(=O)c1c(Cl)cccc1Cl)C2. The van der Waals surface area contributed by atoms with Gasteiger partial charge in [0, 0.05) is 6.42 Å². The van der Waals surface area contributed by atoms with Crippen molar-refractivity contribution in [2.24, 2.45) is 0 Å². The Balaban J connectivity index is 1.98. The van der Waals surface area contributed by atoms with Crippen molar-refractivity contribution in [3.63, 3.8) is 0 Å². The van der Waals surface area contributed by atoms with Gasteiger partial charge in [-0.25, -0.2) is 4.79 Å². The van der Waals surface area contributed by atoms with Gasteiger partial charge in [0.1, 0.15) is 5.56 Å². The lowest BCUT2D eigenvalue weighted by Crippen LogP contribution is -2.34. The number of ether oxygens (including phenoxy) is 2. The number of methoxy groups -OCH3 is 1. The van der Waals surface area contributed by atoms with Gasteiger partial charge in [0.25, 0.3) is 0 Å². The average Bonchev–Trinajstić information content (AvgIpc) is 2.54. The van der Waals surface area contributed by atoms with Gasteiger partial charge in [-0.05, 0) is 23.8 Å². The third-order valence-corrected chi connectivity index (χ3v) is 4.44. The van der Waals surface area contributed by atoms with E-state index in [1.807, 2.05) is 0 Å². The highest BCUT2D eigenvalue weighted by atomic mass is 35.5. The summed E-state index contributed by atoms with van der Waals surface area (Å²) in [4.78, 5) is 24.9. The largest absolute Gasteiger partial charge is 0.504 e. The van der Waals surface area contributed by atoms with E-state index < -0.39 is 17.9 Å². The molecule has 0 aliphatic carbocycles. The summed E-state index contributed by atoms with van der Waals surface area (Å²) in [5.74, 6) is -1.43. The molecule has 24 heavy (non-hydrogen) atoms. The topological polar surface area (TPSA) is 72.8 Å². The van der Waals surface area contributed by atoms with Gasteiger partial charge in [-0.2, -0.15) is 0 Å². The standard InChI is InChI=1S/C17H12Cl2O5/c1-23-11-6-5-8-7-12(24-17(22)13(8)15(11)20)16(21)14-9(18)3-2-4-10(14)19/h2-6,12,20H,7H2,1H3. The molecule has 0 saturated heterocycles. The zero-order chi connectivity index (χ0) is 17.4. The molecule has 1 N–H and O–H groups in total. The molecule has 1 aliphatic rings. The quantitative estimate of drug-likeness (QED) is 0.662. The van der Waals surface area contributed by atoms with Gasteiger partial charge in [-0.15, -0.1) is 0 Å². The minimum Gasteiger partial charge on any atom is -0.504 e. The van der Waals surface area contributed by atoms with E-state index in [9.17, 15) is 14.7 Å². The Morgan fingerprint density at radius 2 is 1.92 bits per heavy atom. The van der Waals surface area contributed by atoms with E-state index in [4.69, 9.17) is 32.7 Å². The van der Waals surface area contributed by atoms with Crippen molar-refractivity contribution in [3.05, 3.63) is 57.1 Å². The van der Waals surface area contributed by atoms with E-state index >= 15 is 0 Å². The zero-order valence-corrected chi connectivity index (χ0v) is 14.0. The van der Waals surface area contributed by atoms with Crippen molar-refractivity contribution < 1.29 is 24.2 Å². The van der Waals surface area contributed by atoms with E-state index in [-0.39, 0.29) is 39.1 Å². The van der Waals surface area contributed by atoms with Crippen molar-refractivity contribution in [1.82, 2.24) is 0 Å². The van der Waals surface area contributed by atoms with Crippen LogP contribution in [0.3, 0.4) is 0 Å². The summed E-state index contributed by atoms with van der Waals surface area (Å²) in [5, 5.41) is 10.5. The number of rotatable bonds is 3. The van der Waals surface area contributed by atoms with Gasteiger partial charge in [0.15, 0.2) is 17.6 Å². The van der Waals surface area contributed by atoms with Crippen LogP contribution in [-0.4, -0.2) is 30.1 Å². The molecule has 0 fully saturated rings. The number of hydrogen-bond acceptors (Lipinski definition) is 5. The molecular formula is C17H12Cl2O5. The molecule has 1 aliphatic heterocycles. The molecular weight excluding hydrogens is 355 g/mol. The maximum Gasteiger partial charge on any atom is 0.343 e. The third-order valence-electron chi connectivity index (χ3n) is 3.81. The lowest BCUT2D eigenvalue weighted by molar-refractivity contribution is 0.0244. The Kier molecular flexibility index (Phi) is 4.39. The van der Waals surface area contributed by atoms with Crippen LogP contribution < -0.4 is 4.74 Å². The molecule has 124 valence electrons. The van der Waals surface area contributed by atoms with Gasteiger partial charge in [0.05, 0.1) is 22.7 Å². The molecule has 2 aromatic carbocycles. The van der Waals surface area contributed by atoms with Crippen molar-refractivity contribution in [3.8, 4) is 11.5 Å². The smallest absolute Gasteiger partial charge is 0.343 e. The first-order valence-electron chi connectivity index (χ1n) is 7.02.